The van der Waals surface area contributed by atoms with E-state index in [0.29, 0.717) is 19.0 Å². The minimum absolute atomic E-state index is 0.217. The highest BCUT2D eigenvalue weighted by atomic mass is 32.1. The second-order valence-corrected chi connectivity index (χ2v) is 8.34. The standard InChI is InChI=1S/C22H26N6OS/c1-6-29-22-16(8-7-9-23-22)17-10-18(24-11-19-25-14(4)12-30-19)21-20(26-17)15(5)27-28(21)13(2)3/h7-10,12-13H,6,11H2,1-5H3,(H,24,26). The minimum Gasteiger partial charge on any atom is -0.477 e. The van der Waals surface area contributed by atoms with E-state index in [-0.39, 0.29) is 6.04 Å². The second kappa shape index (κ2) is 8.39. The lowest BCUT2D eigenvalue weighted by molar-refractivity contribution is 0.328. The first-order valence-corrected chi connectivity index (χ1v) is 11.0. The van der Waals surface area contributed by atoms with Crippen molar-refractivity contribution in [1.29, 1.82) is 0 Å². The molecule has 0 aromatic carbocycles. The second-order valence-electron chi connectivity index (χ2n) is 7.40. The summed E-state index contributed by atoms with van der Waals surface area (Å²) in [6, 6.07) is 6.17. The van der Waals surface area contributed by atoms with Crippen molar-refractivity contribution in [3.63, 3.8) is 0 Å². The smallest absolute Gasteiger partial charge is 0.222 e. The zero-order valence-electron chi connectivity index (χ0n) is 17.9. The molecule has 0 fully saturated rings. The van der Waals surface area contributed by atoms with E-state index in [0.717, 1.165) is 44.4 Å². The normalized spacial score (nSPS) is 11.4. The van der Waals surface area contributed by atoms with E-state index in [1.165, 1.54) is 0 Å². The number of fused-ring (bicyclic) bond motifs is 1. The molecule has 4 aromatic rings. The van der Waals surface area contributed by atoms with Crippen molar-refractivity contribution in [2.45, 2.75) is 47.2 Å². The van der Waals surface area contributed by atoms with E-state index in [4.69, 9.17) is 14.8 Å². The molecule has 0 amide bonds. The molecule has 0 bridgehead atoms. The lowest BCUT2D eigenvalue weighted by Gasteiger charge is -2.14. The largest absolute Gasteiger partial charge is 0.477 e. The Morgan fingerprint density at radius 3 is 2.77 bits per heavy atom. The van der Waals surface area contributed by atoms with Crippen LogP contribution in [-0.2, 0) is 6.54 Å². The Hall–Kier alpha value is -3.00. The zero-order chi connectivity index (χ0) is 21.3. The summed E-state index contributed by atoms with van der Waals surface area (Å²) in [4.78, 5) is 13.9. The van der Waals surface area contributed by atoms with Crippen LogP contribution >= 0.6 is 11.3 Å². The molecule has 0 aliphatic heterocycles. The van der Waals surface area contributed by atoms with Gasteiger partial charge < -0.3 is 10.1 Å². The number of nitrogens with zero attached hydrogens (tertiary/aromatic N) is 5. The van der Waals surface area contributed by atoms with Crippen molar-refractivity contribution in [3.05, 3.63) is 46.2 Å². The van der Waals surface area contributed by atoms with Crippen molar-refractivity contribution in [2.24, 2.45) is 0 Å². The number of aromatic nitrogens is 5. The molecule has 1 N–H and O–H groups in total. The van der Waals surface area contributed by atoms with Gasteiger partial charge in [0, 0.05) is 23.3 Å². The quantitative estimate of drug-likeness (QED) is 0.443. The van der Waals surface area contributed by atoms with Crippen LogP contribution in [0, 0.1) is 13.8 Å². The van der Waals surface area contributed by atoms with Crippen molar-refractivity contribution in [2.75, 3.05) is 11.9 Å². The molecule has 0 atom stereocenters. The number of anilines is 1. The van der Waals surface area contributed by atoms with Crippen LogP contribution in [0.5, 0.6) is 5.88 Å². The number of thiazole rings is 1. The summed E-state index contributed by atoms with van der Waals surface area (Å²) in [5, 5.41) is 11.4. The number of pyridine rings is 2. The van der Waals surface area contributed by atoms with Crippen LogP contribution in [-0.4, -0.2) is 31.3 Å². The van der Waals surface area contributed by atoms with Crippen LogP contribution < -0.4 is 10.1 Å². The van der Waals surface area contributed by atoms with E-state index < -0.39 is 0 Å². The topological polar surface area (TPSA) is 77.8 Å². The molecule has 0 unspecified atom stereocenters. The van der Waals surface area contributed by atoms with Gasteiger partial charge in [-0.2, -0.15) is 5.10 Å². The van der Waals surface area contributed by atoms with E-state index >= 15 is 0 Å². The molecule has 30 heavy (non-hydrogen) atoms. The van der Waals surface area contributed by atoms with Gasteiger partial charge >= 0.3 is 0 Å². The van der Waals surface area contributed by atoms with E-state index in [2.05, 4.69) is 40.6 Å². The summed E-state index contributed by atoms with van der Waals surface area (Å²) in [5.41, 5.74) is 6.47. The Balaban J connectivity index is 1.86. The van der Waals surface area contributed by atoms with Crippen molar-refractivity contribution in [1.82, 2.24) is 24.7 Å². The highest BCUT2D eigenvalue weighted by molar-refractivity contribution is 7.09. The summed E-state index contributed by atoms with van der Waals surface area (Å²) in [6.45, 7) is 11.4. The third-order valence-electron chi connectivity index (χ3n) is 4.74. The number of ether oxygens (including phenoxy) is 1. The Bertz CT molecular complexity index is 1180. The van der Waals surface area contributed by atoms with Crippen LogP contribution in [0.3, 0.4) is 0 Å². The molecule has 4 heterocycles. The number of nitrogens with one attached hydrogen (secondary N) is 1. The van der Waals surface area contributed by atoms with Crippen LogP contribution in [0.2, 0.25) is 0 Å². The third kappa shape index (κ3) is 3.87. The molecule has 0 radical (unpaired) electrons. The SMILES string of the molecule is CCOc1ncccc1-c1cc(NCc2nc(C)cs2)c2c(n1)c(C)nn2C(C)C. The molecule has 156 valence electrons. The summed E-state index contributed by atoms with van der Waals surface area (Å²) < 4.78 is 7.78. The van der Waals surface area contributed by atoms with E-state index in [1.807, 2.05) is 37.6 Å². The van der Waals surface area contributed by atoms with Gasteiger partial charge in [-0.15, -0.1) is 11.3 Å². The van der Waals surface area contributed by atoms with Gasteiger partial charge in [0.05, 0.1) is 35.8 Å². The number of rotatable bonds is 7. The first-order valence-electron chi connectivity index (χ1n) is 10.1. The molecule has 0 saturated heterocycles. The van der Waals surface area contributed by atoms with Gasteiger partial charge in [-0.25, -0.2) is 15.0 Å². The molecular formula is C22H26N6OS. The average molecular weight is 423 g/mol. The lowest BCUT2D eigenvalue weighted by atomic mass is 10.1. The summed E-state index contributed by atoms with van der Waals surface area (Å²) >= 11 is 1.66. The molecule has 7 nitrogen and oxygen atoms in total. The highest BCUT2D eigenvalue weighted by Gasteiger charge is 2.19. The van der Waals surface area contributed by atoms with Crippen LogP contribution in [0.25, 0.3) is 22.3 Å². The molecule has 0 aliphatic carbocycles. The average Bonchev–Trinajstić information content (AvgIpc) is 3.30. The Morgan fingerprint density at radius 1 is 1.23 bits per heavy atom. The minimum atomic E-state index is 0.217. The maximum atomic E-state index is 5.75. The van der Waals surface area contributed by atoms with Crippen LogP contribution in [0.4, 0.5) is 5.69 Å². The maximum absolute atomic E-state index is 5.75. The Labute approximate surface area is 180 Å². The van der Waals surface area contributed by atoms with Gasteiger partial charge in [-0.3, -0.25) is 4.68 Å². The fourth-order valence-electron chi connectivity index (χ4n) is 3.42. The van der Waals surface area contributed by atoms with Crippen molar-refractivity contribution in [3.8, 4) is 17.1 Å². The molecule has 0 saturated carbocycles. The predicted octanol–water partition coefficient (Wildman–Crippen LogP) is 5.16. The molecular weight excluding hydrogens is 396 g/mol. The number of aryl methyl sites for hydroxylation is 2. The van der Waals surface area contributed by atoms with Gasteiger partial charge in [0.2, 0.25) is 5.88 Å². The fourth-order valence-corrected chi connectivity index (χ4v) is 4.13. The maximum Gasteiger partial charge on any atom is 0.222 e. The highest BCUT2D eigenvalue weighted by Crippen LogP contribution is 2.34. The fraction of sp³-hybridized carbons (Fsp3) is 0.364. The number of hydrogen-bond donors (Lipinski definition) is 1. The van der Waals surface area contributed by atoms with E-state index in [9.17, 15) is 0 Å². The van der Waals surface area contributed by atoms with Crippen molar-refractivity contribution >= 4 is 28.1 Å². The molecule has 0 aliphatic rings. The van der Waals surface area contributed by atoms with Crippen LogP contribution in [0.15, 0.2) is 29.8 Å². The molecule has 8 heteroatoms. The summed E-state index contributed by atoms with van der Waals surface area (Å²) in [6.07, 6.45) is 1.74. The third-order valence-corrected chi connectivity index (χ3v) is 5.70. The van der Waals surface area contributed by atoms with Gasteiger partial charge in [0.25, 0.3) is 0 Å². The monoisotopic (exact) mass is 422 g/mol. The summed E-state index contributed by atoms with van der Waals surface area (Å²) in [5.74, 6) is 0.585. The first-order chi connectivity index (χ1) is 14.5. The van der Waals surface area contributed by atoms with Gasteiger partial charge in [0.15, 0.2) is 0 Å². The van der Waals surface area contributed by atoms with Crippen LogP contribution in [0.1, 0.15) is 43.2 Å². The Morgan fingerprint density at radius 2 is 2.07 bits per heavy atom. The zero-order valence-corrected chi connectivity index (χ0v) is 18.7. The Kier molecular flexibility index (Phi) is 5.67. The predicted molar refractivity (Wildman–Crippen MR) is 121 cm³/mol. The van der Waals surface area contributed by atoms with Crippen molar-refractivity contribution < 1.29 is 4.74 Å². The summed E-state index contributed by atoms with van der Waals surface area (Å²) in [7, 11) is 0. The van der Waals surface area contributed by atoms with E-state index in [1.54, 1.807) is 17.5 Å². The van der Waals surface area contributed by atoms with Gasteiger partial charge in [-0.05, 0) is 52.8 Å². The van der Waals surface area contributed by atoms with Gasteiger partial charge in [0.1, 0.15) is 16.0 Å². The molecule has 4 aromatic heterocycles. The molecule has 0 spiro atoms. The molecule has 4 rings (SSSR count). The van der Waals surface area contributed by atoms with Gasteiger partial charge in [-0.1, -0.05) is 0 Å². The lowest BCUT2D eigenvalue weighted by Crippen LogP contribution is -2.07. The first kappa shape index (κ1) is 20.3. The number of hydrogen-bond acceptors (Lipinski definition) is 7.